The van der Waals surface area contributed by atoms with Crippen molar-refractivity contribution in [3.63, 3.8) is 0 Å². The summed E-state index contributed by atoms with van der Waals surface area (Å²) in [6, 6.07) is -0.577. The zero-order valence-electron chi connectivity index (χ0n) is 21.3. The Balaban J connectivity index is 3.87. The van der Waals surface area contributed by atoms with E-state index in [4.69, 9.17) is 9.47 Å². The lowest BCUT2D eigenvalue weighted by atomic mass is 10.0. The highest BCUT2D eigenvalue weighted by atomic mass is 16.6. The number of ether oxygens (including phenoxy) is 2. The molecule has 0 fully saturated rings. The summed E-state index contributed by atoms with van der Waals surface area (Å²) in [6.07, 6.45) is 17.7. The summed E-state index contributed by atoms with van der Waals surface area (Å²) in [6.45, 7) is 9.09. The van der Waals surface area contributed by atoms with Gasteiger partial charge in [-0.3, -0.25) is 4.90 Å². The van der Waals surface area contributed by atoms with Crippen LogP contribution in [0.5, 0.6) is 0 Å². The number of rotatable bonds is 20. The van der Waals surface area contributed by atoms with Crippen LogP contribution in [-0.4, -0.2) is 43.3 Å². The van der Waals surface area contributed by atoms with Crippen LogP contribution in [0.3, 0.4) is 0 Å². The third kappa shape index (κ3) is 17.0. The minimum atomic E-state index is -0.577. The van der Waals surface area contributed by atoms with Crippen molar-refractivity contribution in [2.24, 2.45) is 5.92 Å². The van der Waals surface area contributed by atoms with Gasteiger partial charge in [-0.2, -0.15) is 0 Å². The fraction of sp³-hybridized carbons (Fsp3) is 0.923. The average Bonchev–Trinajstić information content (AvgIpc) is 2.75. The zero-order valence-corrected chi connectivity index (χ0v) is 21.3. The predicted octanol–water partition coefficient (Wildman–Crippen LogP) is 7.51. The van der Waals surface area contributed by atoms with E-state index in [2.05, 4.69) is 6.92 Å². The Morgan fingerprint density at radius 3 is 1.61 bits per heavy atom. The van der Waals surface area contributed by atoms with E-state index in [0.29, 0.717) is 19.6 Å². The van der Waals surface area contributed by atoms with Gasteiger partial charge in [0.25, 0.3) is 0 Å². The molecule has 0 bridgehead atoms. The Morgan fingerprint density at radius 1 is 0.677 bits per heavy atom. The highest BCUT2D eigenvalue weighted by molar-refractivity contribution is 5.81. The van der Waals surface area contributed by atoms with E-state index in [-0.39, 0.29) is 11.9 Å². The van der Waals surface area contributed by atoms with Gasteiger partial charge in [0.15, 0.2) is 0 Å². The van der Waals surface area contributed by atoms with Crippen molar-refractivity contribution in [1.29, 1.82) is 0 Å². The van der Waals surface area contributed by atoms with Gasteiger partial charge in [-0.05, 0) is 25.2 Å². The van der Waals surface area contributed by atoms with Gasteiger partial charge in [0, 0.05) is 7.05 Å². The molecule has 0 radical (unpaired) electrons. The Morgan fingerprint density at radius 2 is 1.16 bits per heavy atom. The van der Waals surface area contributed by atoms with E-state index >= 15 is 0 Å². The number of hydrogen-bond acceptors (Lipinski definition) is 4. The molecule has 5 nitrogen and oxygen atoms in total. The molecule has 0 aromatic heterocycles. The monoisotopic (exact) mass is 441 g/mol. The number of carbonyl (C=O) groups is 2. The number of hydrogen-bond donors (Lipinski definition) is 0. The highest BCUT2D eigenvalue weighted by Gasteiger charge is 2.29. The maximum Gasteiger partial charge on any atom is 0.410 e. The third-order valence-corrected chi connectivity index (χ3v) is 5.64. The first-order chi connectivity index (χ1) is 14.9. The molecule has 0 aliphatic carbocycles. The summed E-state index contributed by atoms with van der Waals surface area (Å²) in [5.41, 5.74) is 0. The second-order valence-corrected chi connectivity index (χ2v) is 9.28. The zero-order chi connectivity index (χ0) is 23.3. The number of amides is 1. The molecule has 0 aromatic carbocycles. The second-order valence-electron chi connectivity index (χ2n) is 9.28. The fourth-order valence-corrected chi connectivity index (χ4v) is 3.67. The first-order valence-electron chi connectivity index (χ1n) is 13.0. The number of carbonyl (C=O) groups excluding carboxylic acids is 2. The molecule has 1 unspecified atom stereocenters. The lowest BCUT2D eigenvalue weighted by Crippen LogP contribution is -2.44. The van der Waals surface area contributed by atoms with Crippen LogP contribution in [-0.2, 0) is 14.3 Å². The third-order valence-electron chi connectivity index (χ3n) is 5.64. The first-order valence-corrected chi connectivity index (χ1v) is 13.0. The van der Waals surface area contributed by atoms with Crippen molar-refractivity contribution < 1.29 is 19.1 Å². The van der Waals surface area contributed by atoms with Crippen molar-refractivity contribution in [3.05, 3.63) is 0 Å². The topological polar surface area (TPSA) is 55.8 Å². The normalized spacial score (nSPS) is 12.1. The van der Waals surface area contributed by atoms with Crippen LogP contribution in [0.4, 0.5) is 4.79 Å². The van der Waals surface area contributed by atoms with E-state index in [0.717, 1.165) is 19.3 Å². The van der Waals surface area contributed by atoms with Gasteiger partial charge in [-0.1, -0.05) is 105 Å². The van der Waals surface area contributed by atoms with Gasteiger partial charge in [-0.25, -0.2) is 9.59 Å². The molecule has 1 amide bonds. The van der Waals surface area contributed by atoms with Gasteiger partial charge >= 0.3 is 12.1 Å². The summed E-state index contributed by atoms with van der Waals surface area (Å²) >= 11 is 0. The molecule has 31 heavy (non-hydrogen) atoms. The molecule has 1 atom stereocenters. The molecule has 0 rings (SSSR count). The Kier molecular flexibility index (Phi) is 19.8. The molecule has 184 valence electrons. The van der Waals surface area contributed by atoms with Crippen molar-refractivity contribution in [1.82, 2.24) is 4.90 Å². The molecule has 0 N–H and O–H groups in total. The lowest BCUT2D eigenvalue weighted by Gasteiger charge is -2.27. The van der Waals surface area contributed by atoms with Gasteiger partial charge in [0.2, 0.25) is 0 Å². The van der Waals surface area contributed by atoms with E-state index in [1.165, 1.54) is 75.5 Å². The van der Waals surface area contributed by atoms with Crippen LogP contribution in [0, 0.1) is 5.92 Å². The summed E-state index contributed by atoms with van der Waals surface area (Å²) in [5.74, 6) is -0.0288. The van der Waals surface area contributed by atoms with E-state index < -0.39 is 12.1 Å². The summed E-state index contributed by atoms with van der Waals surface area (Å²) in [4.78, 5) is 26.1. The van der Waals surface area contributed by atoms with Crippen LogP contribution >= 0.6 is 0 Å². The van der Waals surface area contributed by atoms with Crippen LogP contribution < -0.4 is 0 Å². The summed E-state index contributed by atoms with van der Waals surface area (Å²) in [7, 11) is 1.62. The van der Waals surface area contributed by atoms with Crippen LogP contribution in [0.25, 0.3) is 0 Å². The van der Waals surface area contributed by atoms with Gasteiger partial charge in [0.1, 0.15) is 6.04 Å². The Hall–Kier alpha value is -1.26. The second kappa shape index (κ2) is 20.6. The number of esters is 1. The molecule has 5 heteroatoms. The van der Waals surface area contributed by atoms with Crippen molar-refractivity contribution in [2.45, 2.75) is 130 Å². The number of likely N-dealkylation sites (N-methyl/N-ethyl adjacent to an activating group) is 1. The fourth-order valence-electron chi connectivity index (χ4n) is 3.67. The Labute approximate surface area is 192 Å². The Bertz CT molecular complexity index is 439. The van der Waals surface area contributed by atoms with Crippen LogP contribution in [0.15, 0.2) is 0 Å². The molecule has 0 aliphatic heterocycles. The molecular weight excluding hydrogens is 390 g/mol. The van der Waals surface area contributed by atoms with E-state index in [9.17, 15) is 9.59 Å². The molecule has 0 spiro atoms. The standard InChI is InChI=1S/C26H51NO4/c1-6-8-9-10-11-12-13-14-15-16-17-18-19-21-30-25(28)24(22-23(3)4)27(5)26(29)31-20-7-2/h23-24H,6-22H2,1-5H3. The highest BCUT2D eigenvalue weighted by Crippen LogP contribution is 2.15. The SMILES string of the molecule is CCCCCCCCCCCCCCCOC(=O)C(CC(C)C)N(C)C(=O)OCCC. The van der Waals surface area contributed by atoms with Gasteiger partial charge in [-0.15, -0.1) is 0 Å². The minimum absolute atomic E-state index is 0.287. The van der Waals surface area contributed by atoms with Gasteiger partial charge in [0.05, 0.1) is 13.2 Å². The average molecular weight is 442 g/mol. The maximum absolute atomic E-state index is 12.5. The molecule has 0 saturated carbocycles. The first kappa shape index (κ1) is 29.7. The summed E-state index contributed by atoms with van der Waals surface area (Å²) in [5, 5.41) is 0. The molecule has 0 saturated heterocycles. The van der Waals surface area contributed by atoms with Crippen LogP contribution in [0.2, 0.25) is 0 Å². The van der Waals surface area contributed by atoms with E-state index in [1.54, 1.807) is 7.05 Å². The van der Waals surface area contributed by atoms with Crippen molar-refractivity contribution in [3.8, 4) is 0 Å². The van der Waals surface area contributed by atoms with E-state index in [1.807, 2.05) is 20.8 Å². The van der Waals surface area contributed by atoms with Crippen LogP contribution in [0.1, 0.15) is 124 Å². The largest absolute Gasteiger partial charge is 0.464 e. The molecule has 0 aromatic rings. The molecular formula is C26H51NO4. The predicted molar refractivity (Wildman–Crippen MR) is 129 cm³/mol. The smallest absolute Gasteiger partial charge is 0.410 e. The maximum atomic E-state index is 12.5. The summed E-state index contributed by atoms with van der Waals surface area (Å²) < 4.78 is 10.7. The minimum Gasteiger partial charge on any atom is -0.464 e. The molecule has 0 heterocycles. The van der Waals surface area contributed by atoms with Crippen molar-refractivity contribution in [2.75, 3.05) is 20.3 Å². The number of nitrogens with zero attached hydrogens (tertiary/aromatic N) is 1. The van der Waals surface area contributed by atoms with Gasteiger partial charge < -0.3 is 9.47 Å². The number of unbranched alkanes of at least 4 members (excludes halogenated alkanes) is 12. The molecule has 0 aliphatic rings. The quantitative estimate of drug-likeness (QED) is 0.145. The lowest BCUT2D eigenvalue weighted by molar-refractivity contribution is -0.149. The van der Waals surface area contributed by atoms with Crippen molar-refractivity contribution >= 4 is 12.1 Å².